The molecule has 1 aromatic carbocycles. The van der Waals surface area contributed by atoms with Crippen molar-refractivity contribution < 1.29 is 4.74 Å². The fourth-order valence-electron chi connectivity index (χ4n) is 5.00. The molecule has 1 N–H and O–H groups in total. The van der Waals surface area contributed by atoms with Crippen LogP contribution in [-0.4, -0.2) is 50.3 Å². The largest absolute Gasteiger partial charge is 0.497 e. The first-order valence-electron chi connectivity index (χ1n) is 11.0. The van der Waals surface area contributed by atoms with Crippen molar-refractivity contribution >= 4 is 10.9 Å². The molecule has 8 nitrogen and oxygen atoms in total. The maximum Gasteiger partial charge on any atom is 0.253 e. The van der Waals surface area contributed by atoms with Gasteiger partial charge in [-0.1, -0.05) is 19.3 Å². The van der Waals surface area contributed by atoms with Gasteiger partial charge in [-0.2, -0.15) is 0 Å². The highest BCUT2D eigenvalue weighted by Gasteiger charge is 2.33. The molecule has 30 heavy (non-hydrogen) atoms. The molecule has 1 saturated carbocycles. The zero-order valence-corrected chi connectivity index (χ0v) is 17.4. The number of pyridine rings is 1. The van der Waals surface area contributed by atoms with Gasteiger partial charge in [0.1, 0.15) is 11.8 Å². The van der Waals surface area contributed by atoms with Gasteiger partial charge < -0.3 is 9.72 Å². The van der Waals surface area contributed by atoms with E-state index >= 15 is 0 Å². The lowest BCUT2D eigenvalue weighted by Gasteiger charge is -2.34. The van der Waals surface area contributed by atoms with Crippen molar-refractivity contribution in [2.45, 2.75) is 57.0 Å². The lowest BCUT2D eigenvalue weighted by Crippen LogP contribution is -2.38. The molecule has 1 aliphatic carbocycles. The molecule has 0 amide bonds. The monoisotopic (exact) mass is 408 g/mol. The van der Waals surface area contributed by atoms with Crippen LogP contribution in [0.3, 0.4) is 0 Å². The quantitative estimate of drug-likeness (QED) is 0.697. The number of nitrogens with zero attached hydrogens (tertiary/aromatic N) is 5. The van der Waals surface area contributed by atoms with Crippen LogP contribution in [0.1, 0.15) is 68.4 Å². The minimum atomic E-state index is -0.250. The first-order valence-corrected chi connectivity index (χ1v) is 11.0. The summed E-state index contributed by atoms with van der Waals surface area (Å²) in [7, 11) is 1.65. The number of tetrazole rings is 1. The Hall–Kier alpha value is -2.74. The summed E-state index contributed by atoms with van der Waals surface area (Å²) in [6.07, 6.45) is 8.07. The predicted octanol–water partition coefficient (Wildman–Crippen LogP) is 3.21. The molecule has 8 heteroatoms. The molecule has 5 rings (SSSR count). The first-order chi connectivity index (χ1) is 14.7. The van der Waals surface area contributed by atoms with E-state index in [2.05, 4.69) is 25.4 Å². The number of ether oxygens (including phenoxy) is 1. The Morgan fingerprint density at radius 3 is 2.67 bits per heavy atom. The average Bonchev–Trinajstić information content (AvgIpc) is 3.47. The Kier molecular flexibility index (Phi) is 5.25. The van der Waals surface area contributed by atoms with Crippen molar-refractivity contribution in [1.82, 2.24) is 30.1 Å². The van der Waals surface area contributed by atoms with Gasteiger partial charge in [-0.05, 0) is 73.5 Å². The van der Waals surface area contributed by atoms with Crippen molar-refractivity contribution in [3.05, 3.63) is 46.0 Å². The third-order valence-electron chi connectivity index (χ3n) is 6.56. The third kappa shape index (κ3) is 3.49. The minimum absolute atomic E-state index is 0.0794. The standard InChI is InChI=1S/C22H28N6O2/c1-30-17-9-10-19-15(13-17)14-18(22(29)23-19)20(27-11-5-2-6-12-27)21-24-25-26-28(21)16-7-3-4-8-16/h9-10,13-14,16,20H,2-8,11-12H2,1H3,(H,23,29)/t20-/m1/s1. The van der Waals surface area contributed by atoms with Crippen LogP contribution in [0.2, 0.25) is 0 Å². The summed E-state index contributed by atoms with van der Waals surface area (Å²) >= 11 is 0. The molecule has 1 saturated heterocycles. The molecule has 0 unspecified atom stereocenters. The second-order valence-corrected chi connectivity index (χ2v) is 8.43. The molecule has 2 fully saturated rings. The summed E-state index contributed by atoms with van der Waals surface area (Å²) in [5.41, 5.74) is 1.42. The second kappa shape index (κ2) is 8.18. The van der Waals surface area contributed by atoms with E-state index in [1.165, 1.54) is 19.3 Å². The van der Waals surface area contributed by atoms with Crippen LogP contribution in [0, 0.1) is 0 Å². The van der Waals surface area contributed by atoms with Gasteiger partial charge in [-0.3, -0.25) is 9.69 Å². The molecule has 0 radical (unpaired) electrons. The van der Waals surface area contributed by atoms with Crippen molar-refractivity contribution in [2.75, 3.05) is 20.2 Å². The van der Waals surface area contributed by atoms with Crippen molar-refractivity contribution in [2.24, 2.45) is 0 Å². The SMILES string of the molecule is COc1ccc2[nH]c(=O)c([C@H](c3nnnn3C3CCCC3)N3CCCCC3)cc2c1. The molecule has 1 atom stereocenters. The number of hydrogen-bond acceptors (Lipinski definition) is 6. The molecular weight excluding hydrogens is 380 g/mol. The first kappa shape index (κ1) is 19.2. The van der Waals surface area contributed by atoms with Gasteiger partial charge >= 0.3 is 0 Å². The second-order valence-electron chi connectivity index (χ2n) is 8.43. The van der Waals surface area contributed by atoms with E-state index in [-0.39, 0.29) is 11.6 Å². The van der Waals surface area contributed by atoms with Gasteiger partial charge in [0.15, 0.2) is 5.82 Å². The van der Waals surface area contributed by atoms with E-state index in [9.17, 15) is 4.79 Å². The van der Waals surface area contributed by atoms with Gasteiger partial charge in [0.2, 0.25) is 0 Å². The van der Waals surface area contributed by atoms with Crippen molar-refractivity contribution in [3.63, 3.8) is 0 Å². The van der Waals surface area contributed by atoms with E-state index in [1.54, 1.807) is 7.11 Å². The summed E-state index contributed by atoms with van der Waals surface area (Å²) in [6, 6.07) is 7.77. The molecule has 3 heterocycles. The zero-order chi connectivity index (χ0) is 20.5. The molecule has 158 valence electrons. The lowest BCUT2D eigenvalue weighted by atomic mass is 10.00. The summed E-state index contributed by atoms with van der Waals surface area (Å²) in [4.78, 5) is 18.6. The van der Waals surface area contributed by atoms with Gasteiger partial charge in [0, 0.05) is 16.5 Å². The molecule has 3 aromatic rings. The maximum absolute atomic E-state index is 13.2. The molecule has 1 aliphatic heterocycles. The molecule has 2 aromatic heterocycles. The zero-order valence-electron chi connectivity index (χ0n) is 17.4. The Morgan fingerprint density at radius 1 is 1.10 bits per heavy atom. The van der Waals surface area contributed by atoms with E-state index in [0.717, 1.165) is 61.2 Å². The van der Waals surface area contributed by atoms with Gasteiger partial charge in [0.05, 0.1) is 13.2 Å². The smallest absolute Gasteiger partial charge is 0.253 e. The van der Waals surface area contributed by atoms with Crippen molar-refractivity contribution in [1.29, 1.82) is 0 Å². The minimum Gasteiger partial charge on any atom is -0.497 e. The van der Waals surface area contributed by atoms with Gasteiger partial charge in [-0.25, -0.2) is 4.68 Å². The summed E-state index contributed by atoms with van der Waals surface area (Å²) in [5, 5.41) is 13.8. The van der Waals surface area contributed by atoms with Gasteiger partial charge in [-0.15, -0.1) is 5.10 Å². The lowest BCUT2D eigenvalue weighted by molar-refractivity contribution is 0.174. The third-order valence-corrected chi connectivity index (χ3v) is 6.56. The number of fused-ring (bicyclic) bond motifs is 1. The van der Waals surface area contributed by atoms with Crippen LogP contribution in [0.25, 0.3) is 10.9 Å². The number of likely N-dealkylation sites (tertiary alicyclic amines) is 1. The Labute approximate surface area is 175 Å². The summed E-state index contributed by atoms with van der Waals surface area (Å²) in [5.74, 6) is 1.56. The highest BCUT2D eigenvalue weighted by atomic mass is 16.5. The molecular formula is C22H28N6O2. The number of aromatic amines is 1. The fraction of sp³-hybridized carbons (Fsp3) is 0.545. The number of piperidine rings is 1. The van der Waals surface area contributed by atoms with E-state index in [4.69, 9.17) is 4.74 Å². The average molecular weight is 409 g/mol. The Bertz CT molecular complexity index is 1080. The van der Waals surface area contributed by atoms with Crippen molar-refractivity contribution in [3.8, 4) is 5.75 Å². The van der Waals surface area contributed by atoms with Crippen LogP contribution in [-0.2, 0) is 0 Å². The van der Waals surface area contributed by atoms with Crippen LogP contribution < -0.4 is 10.3 Å². The normalized spacial score (nSPS) is 19.4. The Balaban J connectivity index is 1.65. The number of benzene rings is 1. The molecule has 2 aliphatic rings. The molecule has 0 spiro atoms. The van der Waals surface area contributed by atoms with Crippen LogP contribution in [0.4, 0.5) is 0 Å². The number of methoxy groups -OCH3 is 1. The predicted molar refractivity (Wildman–Crippen MR) is 114 cm³/mol. The number of H-pyrrole nitrogens is 1. The van der Waals surface area contributed by atoms with Crippen LogP contribution >= 0.6 is 0 Å². The maximum atomic E-state index is 13.2. The summed E-state index contributed by atoms with van der Waals surface area (Å²) in [6.45, 7) is 1.88. The number of rotatable bonds is 5. The summed E-state index contributed by atoms with van der Waals surface area (Å²) < 4.78 is 7.38. The number of nitrogens with one attached hydrogen (secondary N) is 1. The number of hydrogen-bond donors (Lipinski definition) is 1. The van der Waals surface area contributed by atoms with E-state index in [0.29, 0.717) is 11.6 Å². The number of aromatic nitrogens is 5. The highest BCUT2D eigenvalue weighted by Crippen LogP contribution is 2.35. The van der Waals surface area contributed by atoms with Crippen LogP contribution in [0.15, 0.2) is 29.1 Å². The highest BCUT2D eigenvalue weighted by molar-refractivity contribution is 5.80. The topological polar surface area (TPSA) is 88.9 Å². The fourth-order valence-corrected chi connectivity index (χ4v) is 5.00. The van der Waals surface area contributed by atoms with E-state index < -0.39 is 0 Å². The van der Waals surface area contributed by atoms with Gasteiger partial charge in [0.25, 0.3) is 5.56 Å². The molecule has 0 bridgehead atoms. The van der Waals surface area contributed by atoms with E-state index in [1.807, 2.05) is 28.9 Å². The Morgan fingerprint density at radius 2 is 1.90 bits per heavy atom. The van der Waals surface area contributed by atoms with Crippen LogP contribution in [0.5, 0.6) is 5.75 Å².